The second kappa shape index (κ2) is 14.6. The number of amidine groups is 1. The summed E-state index contributed by atoms with van der Waals surface area (Å²) in [6, 6.07) is 25.1. The number of carbonyl (C=O) groups is 1. The molecule has 186 valence electrons. The van der Waals surface area contributed by atoms with Crippen molar-refractivity contribution in [1.82, 2.24) is 10.7 Å². The molecule has 0 spiro atoms. The van der Waals surface area contributed by atoms with Crippen molar-refractivity contribution in [1.29, 1.82) is 0 Å². The number of nitrogens with zero attached hydrogens (tertiary/aromatic N) is 1. The highest BCUT2D eigenvalue weighted by Crippen LogP contribution is 2.24. The van der Waals surface area contributed by atoms with Crippen molar-refractivity contribution in [2.24, 2.45) is 22.7 Å². The van der Waals surface area contributed by atoms with Crippen LogP contribution in [0.4, 0.5) is 0 Å². The molecular weight excluding hydrogens is 438 g/mol. The zero-order valence-corrected chi connectivity index (χ0v) is 21.0. The van der Waals surface area contributed by atoms with E-state index < -0.39 is 6.04 Å². The molecule has 1 atom stereocenters. The van der Waals surface area contributed by atoms with Gasteiger partial charge in [0.05, 0.1) is 0 Å². The number of esters is 1. The third kappa shape index (κ3) is 7.95. The van der Waals surface area contributed by atoms with Crippen LogP contribution in [0.3, 0.4) is 0 Å². The molecule has 0 aliphatic carbocycles. The maximum Gasteiger partial charge on any atom is 0.323 e. The van der Waals surface area contributed by atoms with Crippen molar-refractivity contribution in [3.8, 4) is 11.1 Å². The molecule has 0 radical (unpaired) electrons. The van der Waals surface area contributed by atoms with E-state index in [0.717, 1.165) is 27.8 Å². The van der Waals surface area contributed by atoms with E-state index in [2.05, 4.69) is 15.8 Å². The minimum atomic E-state index is -0.395. The van der Waals surface area contributed by atoms with Crippen LogP contribution in [0.15, 0.2) is 84.0 Å². The van der Waals surface area contributed by atoms with Crippen molar-refractivity contribution >= 4 is 11.8 Å². The van der Waals surface area contributed by atoms with Crippen LogP contribution in [-0.2, 0) is 22.7 Å². The quantitative estimate of drug-likeness (QED) is 0.120. The highest BCUT2D eigenvalue weighted by atomic mass is 16.5. The predicted molar refractivity (Wildman–Crippen MR) is 143 cm³/mol. The van der Waals surface area contributed by atoms with Crippen molar-refractivity contribution in [3.63, 3.8) is 0 Å². The van der Waals surface area contributed by atoms with Gasteiger partial charge in [0.15, 0.2) is 5.84 Å². The van der Waals surface area contributed by atoms with E-state index in [0.29, 0.717) is 12.4 Å². The first-order valence-corrected chi connectivity index (χ1v) is 11.9. The Bertz CT molecular complexity index is 1070. The average Bonchev–Trinajstić information content (AvgIpc) is 2.90. The lowest BCUT2D eigenvalue weighted by atomic mass is 9.98. The number of benzene rings is 3. The van der Waals surface area contributed by atoms with Crippen LogP contribution in [0.5, 0.6) is 0 Å². The van der Waals surface area contributed by atoms with Crippen LogP contribution >= 0.6 is 0 Å². The second-order valence-electron chi connectivity index (χ2n) is 8.06. The molecule has 6 N–H and O–H groups in total. The molecule has 0 heterocycles. The van der Waals surface area contributed by atoms with Crippen LogP contribution in [0.1, 0.15) is 44.4 Å². The van der Waals surface area contributed by atoms with Gasteiger partial charge >= 0.3 is 5.97 Å². The molecule has 7 nitrogen and oxygen atoms in total. The van der Waals surface area contributed by atoms with E-state index in [-0.39, 0.29) is 18.5 Å². The molecule has 0 bridgehead atoms. The highest BCUT2D eigenvalue weighted by molar-refractivity contribution is 6.04. The van der Waals surface area contributed by atoms with Crippen LogP contribution in [0.25, 0.3) is 11.1 Å². The summed E-state index contributed by atoms with van der Waals surface area (Å²) in [5.74, 6) is 11.3. The standard InChI is InChI=1S/C26H31N5O2.C2H6/c1-18(2)24(26(32)33-17-20-8-4-3-5-9-20)29-16-19-12-14-21(15-13-19)22-10-6-7-11-23(22)25(30-27)31-28;1-2/h3-15,18,24,29H,16-17,27-28H2,1-2H3,(H,30,31);1-2H3. The molecule has 3 rings (SSSR count). The van der Waals surface area contributed by atoms with E-state index in [4.69, 9.17) is 16.4 Å². The fourth-order valence-corrected chi connectivity index (χ4v) is 3.57. The molecule has 0 amide bonds. The highest BCUT2D eigenvalue weighted by Gasteiger charge is 2.23. The van der Waals surface area contributed by atoms with Crippen LogP contribution in [-0.4, -0.2) is 17.8 Å². The van der Waals surface area contributed by atoms with Gasteiger partial charge in [-0.05, 0) is 28.2 Å². The molecule has 0 aromatic heterocycles. The van der Waals surface area contributed by atoms with Gasteiger partial charge in [0.1, 0.15) is 12.6 Å². The van der Waals surface area contributed by atoms with Crippen molar-refractivity contribution in [3.05, 3.63) is 95.6 Å². The third-order valence-corrected chi connectivity index (χ3v) is 5.38. The Morgan fingerprint density at radius 1 is 0.914 bits per heavy atom. The topological polar surface area (TPSA) is 115 Å². The Morgan fingerprint density at radius 2 is 1.54 bits per heavy atom. The number of nitrogens with one attached hydrogen (secondary N) is 2. The molecule has 1 unspecified atom stereocenters. The Kier molecular flexibility index (Phi) is 11.5. The number of hydrazone groups is 1. The fourth-order valence-electron chi connectivity index (χ4n) is 3.57. The molecular formula is C28H37N5O2. The summed E-state index contributed by atoms with van der Waals surface area (Å²) in [6.45, 7) is 8.82. The number of hydrogen-bond donors (Lipinski definition) is 4. The van der Waals surface area contributed by atoms with Crippen LogP contribution < -0.4 is 22.4 Å². The van der Waals surface area contributed by atoms with Crippen molar-refractivity contribution in [2.75, 3.05) is 0 Å². The van der Waals surface area contributed by atoms with Crippen LogP contribution in [0.2, 0.25) is 0 Å². The Labute approximate surface area is 208 Å². The molecule has 0 fully saturated rings. The molecule has 0 aliphatic rings. The Hall–Kier alpha value is -3.68. The van der Waals surface area contributed by atoms with Gasteiger partial charge < -0.3 is 21.3 Å². The van der Waals surface area contributed by atoms with Gasteiger partial charge in [-0.25, -0.2) is 5.84 Å². The number of nitrogens with two attached hydrogens (primary N) is 2. The van der Waals surface area contributed by atoms with Gasteiger partial charge in [0.2, 0.25) is 0 Å². The Balaban J connectivity index is 0.00000210. The zero-order chi connectivity index (χ0) is 25.6. The van der Waals surface area contributed by atoms with E-state index in [1.165, 1.54) is 0 Å². The van der Waals surface area contributed by atoms with E-state index in [9.17, 15) is 4.79 Å². The lowest BCUT2D eigenvalue weighted by molar-refractivity contribution is -0.148. The smallest absolute Gasteiger partial charge is 0.323 e. The number of carbonyl (C=O) groups excluding carboxylic acids is 1. The fraction of sp³-hybridized carbons (Fsp3) is 0.286. The monoisotopic (exact) mass is 475 g/mol. The van der Waals surface area contributed by atoms with Gasteiger partial charge in [-0.1, -0.05) is 107 Å². The van der Waals surface area contributed by atoms with E-state index in [1.54, 1.807) is 0 Å². The van der Waals surface area contributed by atoms with Gasteiger partial charge in [-0.2, -0.15) is 5.10 Å². The molecule has 7 heteroatoms. The van der Waals surface area contributed by atoms with Gasteiger partial charge in [0, 0.05) is 12.1 Å². The molecule has 0 saturated carbocycles. The summed E-state index contributed by atoms with van der Waals surface area (Å²) in [7, 11) is 0. The maximum atomic E-state index is 12.7. The van der Waals surface area contributed by atoms with E-state index in [1.807, 2.05) is 107 Å². The molecule has 0 aliphatic heterocycles. The van der Waals surface area contributed by atoms with Crippen molar-refractivity contribution in [2.45, 2.75) is 46.9 Å². The summed E-state index contributed by atoms with van der Waals surface area (Å²) in [4.78, 5) is 12.7. The third-order valence-electron chi connectivity index (χ3n) is 5.38. The number of ether oxygens (including phenoxy) is 1. The first kappa shape index (κ1) is 27.6. The Morgan fingerprint density at radius 3 is 2.14 bits per heavy atom. The number of rotatable bonds is 9. The predicted octanol–water partition coefficient (Wildman–Crippen LogP) is 4.32. The largest absolute Gasteiger partial charge is 0.460 e. The van der Waals surface area contributed by atoms with Crippen molar-refractivity contribution < 1.29 is 9.53 Å². The number of hydrazine groups is 1. The number of hydrogen-bond acceptors (Lipinski definition) is 6. The lowest BCUT2D eigenvalue weighted by Crippen LogP contribution is -2.41. The summed E-state index contributed by atoms with van der Waals surface area (Å²) in [5.41, 5.74) is 7.35. The molecule has 35 heavy (non-hydrogen) atoms. The SMILES string of the molecule is CC.CC(C)C(NCc1ccc(-c2ccccc2/C(=N/N)NN)cc1)C(=O)OCc1ccccc1. The minimum Gasteiger partial charge on any atom is -0.460 e. The van der Waals surface area contributed by atoms with Gasteiger partial charge in [0.25, 0.3) is 0 Å². The molecule has 0 saturated heterocycles. The maximum absolute atomic E-state index is 12.7. The van der Waals surface area contributed by atoms with Crippen LogP contribution in [0, 0.1) is 5.92 Å². The normalized spacial score (nSPS) is 11.9. The summed E-state index contributed by atoms with van der Waals surface area (Å²) < 4.78 is 5.53. The first-order valence-electron chi connectivity index (χ1n) is 11.9. The van der Waals surface area contributed by atoms with Gasteiger partial charge in [-0.15, -0.1) is 0 Å². The molecule has 3 aromatic carbocycles. The van der Waals surface area contributed by atoms with E-state index >= 15 is 0 Å². The lowest BCUT2D eigenvalue weighted by Gasteiger charge is -2.21. The average molecular weight is 476 g/mol. The second-order valence-corrected chi connectivity index (χ2v) is 8.06. The summed E-state index contributed by atoms with van der Waals surface area (Å²) >= 11 is 0. The van der Waals surface area contributed by atoms with Gasteiger partial charge in [-0.3, -0.25) is 4.79 Å². The summed E-state index contributed by atoms with van der Waals surface area (Å²) in [6.07, 6.45) is 0. The zero-order valence-electron chi connectivity index (χ0n) is 21.0. The molecule has 3 aromatic rings. The first-order chi connectivity index (χ1) is 17.0. The minimum absolute atomic E-state index is 0.0946. The summed E-state index contributed by atoms with van der Waals surface area (Å²) in [5, 5.41) is 7.07.